The summed E-state index contributed by atoms with van der Waals surface area (Å²) in [4.78, 5) is 36.5. The first-order valence-electron chi connectivity index (χ1n) is 7.88. The normalized spacial score (nSPS) is 10.3. The minimum absolute atomic E-state index is 0.0219. The minimum Gasteiger partial charge on any atom is -0.476 e. The van der Waals surface area contributed by atoms with Crippen molar-refractivity contribution in [3.05, 3.63) is 50.5 Å². The molecule has 2 aromatic rings. The zero-order chi connectivity index (χ0) is 18.9. The summed E-state index contributed by atoms with van der Waals surface area (Å²) >= 11 is 1.26. The van der Waals surface area contributed by atoms with Gasteiger partial charge in [-0.1, -0.05) is 0 Å². The van der Waals surface area contributed by atoms with Crippen molar-refractivity contribution in [2.24, 2.45) is 0 Å². The highest BCUT2D eigenvalue weighted by molar-refractivity contribution is 7.09. The number of carboxylic acid groups (broad SMARTS) is 1. The van der Waals surface area contributed by atoms with Crippen molar-refractivity contribution in [2.45, 2.75) is 19.3 Å². The molecule has 0 spiro atoms. The molecule has 3 N–H and O–H groups in total. The standard InChI is InChI=1S/C16H18N4O5S/c21-14(18-9-7-15-19-13(10-26-15)16(22)23)2-1-8-17-11-3-5-12(6-4-11)20(24)25/h3-6,10,17H,1-2,7-9H2,(H,18,21)(H,22,23). The van der Waals surface area contributed by atoms with Crippen LogP contribution in [0.2, 0.25) is 0 Å². The van der Waals surface area contributed by atoms with E-state index in [-0.39, 0.29) is 17.3 Å². The summed E-state index contributed by atoms with van der Waals surface area (Å²) in [6, 6.07) is 6.09. The summed E-state index contributed by atoms with van der Waals surface area (Å²) in [5.74, 6) is -1.15. The molecule has 10 heteroatoms. The fourth-order valence-corrected chi connectivity index (χ4v) is 2.88. The van der Waals surface area contributed by atoms with Gasteiger partial charge in [0.1, 0.15) is 0 Å². The van der Waals surface area contributed by atoms with Gasteiger partial charge in [0.05, 0.1) is 9.93 Å². The Morgan fingerprint density at radius 1 is 1.23 bits per heavy atom. The summed E-state index contributed by atoms with van der Waals surface area (Å²) in [6.07, 6.45) is 1.45. The third-order valence-electron chi connectivity index (χ3n) is 3.42. The number of carbonyl (C=O) groups excluding carboxylic acids is 1. The number of nitro benzene ring substituents is 1. The summed E-state index contributed by atoms with van der Waals surface area (Å²) in [7, 11) is 0. The summed E-state index contributed by atoms with van der Waals surface area (Å²) in [5.41, 5.74) is 0.813. The molecule has 0 aliphatic heterocycles. The van der Waals surface area contributed by atoms with Crippen LogP contribution < -0.4 is 10.6 Å². The quantitative estimate of drug-likeness (QED) is 0.328. The minimum atomic E-state index is -1.06. The van der Waals surface area contributed by atoms with Crippen molar-refractivity contribution in [1.82, 2.24) is 10.3 Å². The third-order valence-corrected chi connectivity index (χ3v) is 4.33. The van der Waals surface area contributed by atoms with Crippen LogP contribution in [-0.4, -0.2) is 40.0 Å². The van der Waals surface area contributed by atoms with E-state index in [9.17, 15) is 19.7 Å². The molecule has 1 aromatic heterocycles. The number of nitrogens with one attached hydrogen (secondary N) is 2. The highest BCUT2D eigenvalue weighted by Gasteiger charge is 2.09. The number of hydrogen-bond donors (Lipinski definition) is 3. The van der Waals surface area contributed by atoms with Gasteiger partial charge in [-0.25, -0.2) is 9.78 Å². The van der Waals surface area contributed by atoms with Crippen molar-refractivity contribution in [1.29, 1.82) is 0 Å². The Morgan fingerprint density at radius 3 is 2.58 bits per heavy atom. The van der Waals surface area contributed by atoms with Gasteiger partial charge in [-0.3, -0.25) is 14.9 Å². The fourth-order valence-electron chi connectivity index (χ4n) is 2.10. The molecule has 138 valence electrons. The van der Waals surface area contributed by atoms with Gasteiger partial charge in [0.15, 0.2) is 5.69 Å². The van der Waals surface area contributed by atoms with E-state index in [1.807, 2.05) is 0 Å². The monoisotopic (exact) mass is 378 g/mol. The van der Waals surface area contributed by atoms with Gasteiger partial charge >= 0.3 is 5.97 Å². The Kier molecular flexibility index (Phi) is 7.03. The molecule has 0 radical (unpaired) electrons. The molecule has 0 unspecified atom stereocenters. The van der Waals surface area contributed by atoms with Crippen LogP contribution in [-0.2, 0) is 11.2 Å². The molecule has 0 atom stereocenters. The zero-order valence-electron chi connectivity index (χ0n) is 13.8. The number of nitrogens with zero attached hydrogens (tertiary/aromatic N) is 2. The Balaban J connectivity index is 1.59. The van der Waals surface area contributed by atoms with Crippen LogP contribution in [0.15, 0.2) is 29.6 Å². The molecule has 2 rings (SSSR count). The van der Waals surface area contributed by atoms with Crippen LogP contribution in [0.3, 0.4) is 0 Å². The van der Waals surface area contributed by atoms with Crippen molar-refractivity contribution in [3.8, 4) is 0 Å². The number of anilines is 1. The Morgan fingerprint density at radius 2 is 1.96 bits per heavy atom. The maximum absolute atomic E-state index is 11.8. The lowest BCUT2D eigenvalue weighted by Gasteiger charge is -2.07. The summed E-state index contributed by atoms with van der Waals surface area (Å²) < 4.78 is 0. The van der Waals surface area contributed by atoms with E-state index in [1.165, 1.54) is 28.8 Å². The smallest absolute Gasteiger partial charge is 0.355 e. The Labute approximate surface area is 153 Å². The lowest BCUT2D eigenvalue weighted by molar-refractivity contribution is -0.384. The first kappa shape index (κ1) is 19.3. The number of rotatable bonds is 10. The molecule has 1 heterocycles. The van der Waals surface area contributed by atoms with Crippen LogP contribution >= 0.6 is 11.3 Å². The molecule has 1 aromatic carbocycles. The van der Waals surface area contributed by atoms with Crippen molar-refractivity contribution in [2.75, 3.05) is 18.4 Å². The van der Waals surface area contributed by atoms with Gasteiger partial charge in [-0.2, -0.15) is 0 Å². The lowest BCUT2D eigenvalue weighted by atomic mass is 10.2. The van der Waals surface area contributed by atoms with Gasteiger partial charge in [0.2, 0.25) is 5.91 Å². The topological polar surface area (TPSA) is 134 Å². The average molecular weight is 378 g/mol. The van der Waals surface area contributed by atoms with Crippen molar-refractivity contribution < 1.29 is 19.6 Å². The van der Waals surface area contributed by atoms with Crippen LogP contribution in [0.1, 0.15) is 28.3 Å². The number of carbonyl (C=O) groups is 2. The second kappa shape index (κ2) is 9.47. The van der Waals surface area contributed by atoms with E-state index in [0.29, 0.717) is 37.4 Å². The predicted octanol–water partition coefficient (Wildman–Crippen LogP) is 2.30. The second-order valence-corrected chi connectivity index (χ2v) is 6.31. The van der Waals surface area contributed by atoms with E-state index in [0.717, 1.165) is 5.69 Å². The van der Waals surface area contributed by atoms with E-state index in [4.69, 9.17) is 5.11 Å². The first-order chi connectivity index (χ1) is 12.5. The zero-order valence-corrected chi connectivity index (χ0v) is 14.6. The summed E-state index contributed by atoms with van der Waals surface area (Å²) in [6.45, 7) is 0.973. The first-order valence-corrected chi connectivity index (χ1v) is 8.76. The molecule has 9 nitrogen and oxygen atoms in total. The maximum Gasteiger partial charge on any atom is 0.355 e. The molecular weight excluding hydrogens is 360 g/mol. The lowest BCUT2D eigenvalue weighted by Crippen LogP contribution is -2.25. The Bertz CT molecular complexity index is 775. The van der Waals surface area contributed by atoms with Gasteiger partial charge in [-0.05, 0) is 18.6 Å². The molecule has 0 saturated heterocycles. The fraction of sp³-hybridized carbons (Fsp3) is 0.312. The van der Waals surface area contributed by atoms with Gasteiger partial charge in [-0.15, -0.1) is 11.3 Å². The Hall–Kier alpha value is -3.01. The molecule has 0 bridgehead atoms. The summed E-state index contributed by atoms with van der Waals surface area (Å²) in [5, 5.41) is 27.4. The van der Waals surface area contributed by atoms with E-state index < -0.39 is 10.9 Å². The molecule has 0 saturated carbocycles. The number of non-ortho nitro benzene ring substituents is 1. The highest BCUT2D eigenvalue weighted by atomic mass is 32.1. The van der Waals surface area contributed by atoms with Crippen LogP contribution in [0, 0.1) is 10.1 Å². The number of aromatic carboxylic acids is 1. The molecule has 26 heavy (non-hydrogen) atoms. The largest absolute Gasteiger partial charge is 0.476 e. The van der Waals surface area contributed by atoms with E-state index in [2.05, 4.69) is 15.6 Å². The number of hydrogen-bond acceptors (Lipinski definition) is 7. The second-order valence-electron chi connectivity index (χ2n) is 5.37. The highest BCUT2D eigenvalue weighted by Crippen LogP contribution is 2.15. The van der Waals surface area contributed by atoms with E-state index >= 15 is 0 Å². The number of thiazole rings is 1. The molecule has 0 aliphatic carbocycles. The van der Waals surface area contributed by atoms with Crippen LogP contribution in [0.5, 0.6) is 0 Å². The van der Waals surface area contributed by atoms with Crippen LogP contribution in [0.25, 0.3) is 0 Å². The predicted molar refractivity (Wildman–Crippen MR) is 96.6 cm³/mol. The average Bonchev–Trinajstić information content (AvgIpc) is 3.08. The molecule has 0 fully saturated rings. The van der Waals surface area contributed by atoms with Crippen molar-refractivity contribution in [3.63, 3.8) is 0 Å². The molecule has 0 aliphatic rings. The number of aromatic nitrogens is 1. The van der Waals surface area contributed by atoms with E-state index in [1.54, 1.807) is 12.1 Å². The number of benzene rings is 1. The van der Waals surface area contributed by atoms with Gasteiger partial charge < -0.3 is 15.7 Å². The van der Waals surface area contributed by atoms with Crippen LogP contribution in [0.4, 0.5) is 11.4 Å². The maximum atomic E-state index is 11.8. The van der Waals surface area contributed by atoms with Gasteiger partial charge in [0, 0.05) is 49.1 Å². The third kappa shape index (κ3) is 6.13. The van der Waals surface area contributed by atoms with Crippen molar-refractivity contribution >= 4 is 34.6 Å². The molecular formula is C16H18N4O5S. The SMILES string of the molecule is O=C(CCCNc1ccc([N+](=O)[O-])cc1)NCCc1nc(C(=O)O)cs1. The number of carboxylic acids is 1. The molecule has 1 amide bonds. The number of nitro groups is 1. The van der Waals surface area contributed by atoms with Gasteiger partial charge in [0.25, 0.3) is 5.69 Å². The number of amides is 1.